The fraction of sp³-hybridized carbons (Fsp3) is 0.318. The molecule has 6 rings (SSSR count). The van der Waals surface area contributed by atoms with Crippen LogP contribution in [0.3, 0.4) is 0 Å². The lowest BCUT2D eigenvalue weighted by Crippen LogP contribution is -2.31. The number of rotatable bonds is 17. The van der Waals surface area contributed by atoms with Crippen LogP contribution in [0.5, 0.6) is 11.5 Å². The van der Waals surface area contributed by atoms with Crippen molar-refractivity contribution in [1.82, 2.24) is 19.9 Å². The van der Waals surface area contributed by atoms with E-state index < -0.39 is 15.9 Å². The monoisotopic (exact) mass is 807 g/mol. The minimum atomic E-state index is -4.35. The summed E-state index contributed by atoms with van der Waals surface area (Å²) in [4.78, 5) is 18.7. The van der Waals surface area contributed by atoms with Gasteiger partial charge in [-0.3, -0.25) is 4.79 Å². The Bertz CT molecular complexity index is 2400. The summed E-state index contributed by atoms with van der Waals surface area (Å²) >= 11 is 6.19. The third-order valence-corrected chi connectivity index (χ3v) is 11.7. The number of hydrogen-bond donors (Lipinski definition) is 5. The van der Waals surface area contributed by atoms with Crippen LogP contribution >= 0.6 is 11.6 Å². The molecule has 1 aliphatic rings. The summed E-state index contributed by atoms with van der Waals surface area (Å²) in [7, 11) is -0.395. The van der Waals surface area contributed by atoms with Crippen LogP contribution in [0.1, 0.15) is 61.0 Å². The molecular weight excluding hydrogens is 758 g/mol. The van der Waals surface area contributed by atoms with Gasteiger partial charge in [-0.2, -0.15) is 5.26 Å². The largest absolute Gasteiger partial charge is 0.456 e. The molecule has 0 aliphatic heterocycles. The Morgan fingerprint density at radius 2 is 1.77 bits per heavy atom. The summed E-state index contributed by atoms with van der Waals surface area (Å²) < 4.78 is 35.5. The Hall–Kier alpha value is -5.32. The van der Waals surface area contributed by atoms with Crippen LogP contribution in [0.4, 0.5) is 11.4 Å². The van der Waals surface area contributed by atoms with Crippen LogP contribution in [0.15, 0.2) is 102 Å². The number of nitrogens with one attached hydrogen (secondary N) is 5. The Morgan fingerprint density at radius 1 is 0.965 bits per heavy atom. The van der Waals surface area contributed by atoms with Crippen molar-refractivity contribution >= 4 is 55.4 Å². The number of nitriles is 1. The van der Waals surface area contributed by atoms with Crippen LogP contribution in [-0.2, 0) is 10.0 Å². The van der Waals surface area contributed by atoms with Crippen LogP contribution in [0.2, 0.25) is 5.02 Å². The summed E-state index contributed by atoms with van der Waals surface area (Å²) in [5.41, 5.74) is 6.56. The number of hydrogen-bond acceptors (Lipinski definition) is 9. The lowest BCUT2D eigenvalue weighted by Gasteiger charge is -2.34. The maximum atomic E-state index is 13.7. The second-order valence-electron chi connectivity index (χ2n) is 15.4. The molecule has 1 aliphatic carbocycles. The number of halogens is 1. The number of H-pyrrole nitrogens is 1. The first-order chi connectivity index (χ1) is 27.3. The average molecular weight is 808 g/mol. The van der Waals surface area contributed by atoms with Gasteiger partial charge in [0.2, 0.25) is 0 Å². The van der Waals surface area contributed by atoms with E-state index in [-0.39, 0.29) is 27.2 Å². The van der Waals surface area contributed by atoms with E-state index in [0.29, 0.717) is 36.8 Å². The molecule has 11 nitrogen and oxygen atoms in total. The van der Waals surface area contributed by atoms with Crippen molar-refractivity contribution in [2.75, 3.05) is 57.5 Å². The minimum Gasteiger partial charge on any atom is -0.456 e. The number of anilines is 2. The molecule has 0 bridgehead atoms. The molecule has 5 N–H and O–H groups in total. The minimum absolute atomic E-state index is 0.0259. The predicted octanol–water partition coefficient (Wildman–Crippen LogP) is 8.63. The van der Waals surface area contributed by atoms with Crippen molar-refractivity contribution in [2.24, 2.45) is 5.41 Å². The van der Waals surface area contributed by atoms with E-state index in [2.05, 4.69) is 62.6 Å². The van der Waals surface area contributed by atoms with E-state index in [9.17, 15) is 18.5 Å². The van der Waals surface area contributed by atoms with Gasteiger partial charge in [-0.15, -0.1) is 0 Å². The zero-order valence-electron chi connectivity index (χ0n) is 32.8. The number of allylic oxidation sites excluding steroid dienone is 1. The molecule has 1 heterocycles. The standard InChI is InChI=1S/C44H50ClN7O4S/c1-44(2)18-16-32(39(27-44)30-6-8-34(45)9-7-30)29-47-21-22-48-35-10-13-38(42(26-35)56-36-11-14-40-31(24-36)17-20-50-40)43(53)51-57(54,55)37-12-15-41(33(25-37)28-46)49-19-5-23-52(3)4/h6-15,17,20,24-26,47-50H,5,16,18-19,21-23,27,29H2,1-4H3,(H,51,53). The highest BCUT2D eigenvalue weighted by Gasteiger charge is 2.28. The SMILES string of the molecule is CN(C)CCCNc1ccc(S(=O)(=O)NC(=O)c2ccc(NCCNCC3=C(c4ccc(Cl)cc4)CC(C)(C)CC3)cc2Oc2ccc3[nH]ccc3c2)cc1C#N. The quantitative estimate of drug-likeness (QED) is 0.0582. The van der Waals surface area contributed by atoms with Crippen LogP contribution in [-0.4, -0.2) is 71.0 Å². The first-order valence-electron chi connectivity index (χ1n) is 19.1. The average Bonchev–Trinajstić information content (AvgIpc) is 3.65. The number of sulfonamides is 1. The summed E-state index contributed by atoms with van der Waals surface area (Å²) in [6.07, 6.45) is 5.83. The van der Waals surface area contributed by atoms with E-state index in [0.717, 1.165) is 54.7 Å². The lowest BCUT2D eigenvalue weighted by molar-refractivity contribution is 0.0979. The van der Waals surface area contributed by atoms with Crippen LogP contribution in [0, 0.1) is 16.7 Å². The van der Waals surface area contributed by atoms with Crippen molar-refractivity contribution in [3.63, 3.8) is 0 Å². The normalized spacial score (nSPS) is 14.1. The smallest absolute Gasteiger partial charge is 0.268 e. The molecule has 298 valence electrons. The van der Waals surface area contributed by atoms with Gasteiger partial charge in [-0.25, -0.2) is 13.1 Å². The first kappa shape index (κ1) is 41.3. The number of aromatic amines is 1. The molecule has 0 unspecified atom stereocenters. The molecule has 0 atom stereocenters. The summed E-state index contributed by atoms with van der Waals surface area (Å²) in [5.74, 6) is -0.218. The fourth-order valence-corrected chi connectivity index (χ4v) is 8.05. The maximum Gasteiger partial charge on any atom is 0.268 e. The molecule has 0 radical (unpaired) electrons. The molecule has 1 aromatic heterocycles. The molecule has 1 amide bonds. The van der Waals surface area contributed by atoms with E-state index in [1.54, 1.807) is 30.3 Å². The van der Waals surface area contributed by atoms with Gasteiger partial charge in [-0.05, 0) is 130 Å². The van der Waals surface area contributed by atoms with Gasteiger partial charge in [0, 0.05) is 60.1 Å². The van der Waals surface area contributed by atoms with Gasteiger partial charge in [0.05, 0.1) is 21.7 Å². The van der Waals surface area contributed by atoms with Crippen molar-refractivity contribution < 1.29 is 17.9 Å². The number of carbonyl (C=O) groups is 1. The molecule has 0 saturated carbocycles. The van der Waals surface area contributed by atoms with Gasteiger partial charge < -0.3 is 30.6 Å². The summed E-state index contributed by atoms with van der Waals surface area (Å²) in [6.45, 7) is 8.14. The molecule has 4 aromatic carbocycles. The summed E-state index contributed by atoms with van der Waals surface area (Å²) in [6, 6.07) is 26.7. The number of nitrogens with zero attached hydrogens (tertiary/aromatic N) is 2. The van der Waals surface area contributed by atoms with Crippen molar-refractivity contribution in [3.8, 4) is 17.6 Å². The number of carbonyl (C=O) groups excluding carboxylic acids is 1. The second kappa shape index (κ2) is 18.3. The molecular formula is C44H50ClN7O4S. The molecule has 5 aromatic rings. The van der Waals surface area contributed by atoms with E-state index in [1.807, 2.05) is 50.6 Å². The van der Waals surface area contributed by atoms with Crippen molar-refractivity contribution in [2.45, 2.75) is 44.4 Å². The van der Waals surface area contributed by atoms with E-state index in [1.165, 1.54) is 28.8 Å². The summed E-state index contributed by atoms with van der Waals surface area (Å²) in [5, 5.41) is 21.6. The second-order valence-corrected chi connectivity index (χ2v) is 17.5. The van der Waals surface area contributed by atoms with Gasteiger partial charge in [0.15, 0.2) is 0 Å². The predicted molar refractivity (Wildman–Crippen MR) is 230 cm³/mol. The van der Waals surface area contributed by atoms with Gasteiger partial charge in [0.25, 0.3) is 15.9 Å². The topological polar surface area (TPSA) is 151 Å². The Balaban J connectivity index is 1.15. The number of benzene rings is 4. The Kier molecular flexibility index (Phi) is 13.3. The van der Waals surface area contributed by atoms with Crippen LogP contribution < -0.4 is 25.4 Å². The highest BCUT2D eigenvalue weighted by molar-refractivity contribution is 7.90. The van der Waals surface area contributed by atoms with E-state index in [4.69, 9.17) is 16.3 Å². The molecule has 13 heteroatoms. The number of ether oxygens (including phenoxy) is 1. The van der Waals surface area contributed by atoms with Gasteiger partial charge in [-0.1, -0.05) is 43.2 Å². The number of aromatic nitrogens is 1. The zero-order valence-corrected chi connectivity index (χ0v) is 34.4. The fourth-order valence-electron chi connectivity index (χ4n) is 6.94. The Morgan fingerprint density at radius 3 is 2.54 bits per heavy atom. The molecule has 0 fully saturated rings. The number of fused-ring (bicyclic) bond motifs is 1. The van der Waals surface area contributed by atoms with Crippen LogP contribution in [0.25, 0.3) is 16.5 Å². The molecule has 0 spiro atoms. The molecule has 57 heavy (non-hydrogen) atoms. The van der Waals surface area contributed by atoms with Crippen molar-refractivity contribution in [3.05, 3.63) is 118 Å². The van der Waals surface area contributed by atoms with Gasteiger partial charge in [0.1, 0.15) is 17.6 Å². The highest BCUT2D eigenvalue weighted by Crippen LogP contribution is 2.43. The maximum absolute atomic E-state index is 13.7. The van der Waals surface area contributed by atoms with E-state index >= 15 is 0 Å². The van der Waals surface area contributed by atoms with Crippen molar-refractivity contribution in [1.29, 1.82) is 5.26 Å². The first-order valence-corrected chi connectivity index (χ1v) is 21.0. The van der Waals surface area contributed by atoms with Gasteiger partial charge >= 0.3 is 0 Å². The zero-order chi connectivity index (χ0) is 40.6. The third kappa shape index (κ3) is 11.0. The highest BCUT2D eigenvalue weighted by atomic mass is 35.5. The lowest BCUT2D eigenvalue weighted by atomic mass is 9.72. The molecule has 0 saturated heterocycles. The number of amides is 1. The Labute approximate surface area is 340 Å². The third-order valence-electron chi connectivity index (χ3n) is 10.1.